The van der Waals surface area contributed by atoms with Gasteiger partial charge < -0.3 is 10.6 Å². The second kappa shape index (κ2) is 3.56. The van der Waals surface area contributed by atoms with Gasteiger partial charge in [0, 0.05) is 13.1 Å². The molecule has 1 heterocycles. The highest BCUT2D eigenvalue weighted by Gasteiger charge is 2.30. The molecule has 1 saturated heterocycles. The van der Waals surface area contributed by atoms with Crippen molar-refractivity contribution >= 4 is 6.03 Å². The van der Waals surface area contributed by atoms with Crippen molar-refractivity contribution in [2.75, 3.05) is 13.1 Å². The van der Waals surface area contributed by atoms with Gasteiger partial charge in [0.25, 0.3) is 0 Å². The van der Waals surface area contributed by atoms with Crippen LogP contribution in [0, 0.1) is 11.3 Å². The average Bonchev–Trinajstić information content (AvgIpc) is 2.03. The molecule has 1 fully saturated rings. The first-order valence-electron chi connectivity index (χ1n) is 4.95. The summed E-state index contributed by atoms with van der Waals surface area (Å²) in [6.07, 6.45) is 2.30. The average molecular weight is 184 g/mol. The normalized spacial score (nSPS) is 24.5. The van der Waals surface area contributed by atoms with Crippen molar-refractivity contribution in [2.45, 2.75) is 33.6 Å². The Morgan fingerprint density at radius 3 is 2.54 bits per heavy atom. The lowest BCUT2D eigenvalue weighted by atomic mass is 9.76. The smallest absolute Gasteiger partial charge is 0.314 e. The van der Waals surface area contributed by atoms with E-state index in [0.717, 1.165) is 19.5 Å². The number of likely N-dealkylation sites (tertiary alicyclic amines) is 1. The predicted octanol–water partition coefficient (Wildman–Crippen LogP) is 1.82. The molecule has 0 aromatic rings. The standard InChI is InChI=1S/C10H20N2O/c1-10(2,3)8-5-4-6-12(7-8)9(11)13/h8H,4-7H2,1-3H3,(H2,11,13). The summed E-state index contributed by atoms with van der Waals surface area (Å²) in [7, 11) is 0. The molecule has 0 bridgehead atoms. The number of hydrogen-bond acceptors (Lipinski definition) is 1. The SMILES string of the molecule is CC(C)(C)C1CCCN(C(N)=O)C1. The maximum Gasteiger partial charge on any atom is 0.314 e. The molecule has 3 heteroatoms. The van der Waals surface area contributed by atoms with E-state index in [1.165, 1.54) is 6.42 Å². The number of piperidine rings is 1. The Bertz CT molecular complexity index is 196. The van der Waals surface area contributed by atoms with Crippen LogP contribution in [0.5, 0.6) is 0 Å². The number of urea groups is 1. The van der Waals surface area contributed by atoms with Crippen molar-refractivity contribution < 1.29 is 4.79 Å². The minimum atomic E-state index is -0.269. The fraction of sp³-hybridized carbons (Fsp3) is 0.900. The fourth-order valence-electron chi connectivity index (χ4n) is 1.88. The van der Waals surface area contributed by atoms with Gasteiger partial charge in [-0.05, 0) is 24.2 Å². The van der Waals surface area contributed by atoms with Crippen LogP contribution in [0.3, 0.4) is 0 Å². The Morgan fingerprint density at radius 1 is 1.46 bits per heavy atom. The molecular weight excluding hydrogens is 164 g/mol. The summed E-state index contributed by atoms with van der Waals surface area (Å²) in [5, 5.41) is 0. The number of nitrogens with zero attached hydrogens (tertiary/aromatic N) is 1. The lowest BCUT2D eigenvalue weighted by Gasteiger charge is -2.38. The number of hydrogen-bond donors (Lipinski definition) is 1. The largest absolute Gasteiger partial charge is 0.351 e. The molecular formula is C10H20N2O. The Labute approximate surface area is 80.3 Å². The van der Waals surface area contributed by atoms with Gasteiger partial charge in [-0.25, -0.2) is 4.79 Å². The Hall–Kier alpha value is -0.730. The number of primary amides is 1. The molecule has 0 aromatic carbocycles. The van der Waals surface area contributed by atoms with Crippen molar-refractivity contribution in [1.82, 2.24) is 4.90 Å². The Morgan fingerprint density at radius 2 is 2.08 bits per heavy atom. The van der Waals surface area contributed by atoms with Gasteiger partial charge >= 0.3 is 6.03 Å². The first-order valence-corrected chi connectivity index (χ1v) is 4.95. The zero-order valence-electron chi connectivity index (χ0n) is 8.84. The van der Waals surface area contributed by atoms with Gasteiger partial charge in [-0.2, -0.15) is 0 Å². The molecule has 3 nitrogen and oxygen atoms in total. The van der Waals surface area contributed by atoms with Gasteiger partial charge in [0.1, 0.15) is 0 Å². The molecule has 76 valence electrons. The third-order valence-corrected chi connectivity index (χ3v) is 2.96. The van der Waals surface area contributed by atoms with Gasteiger partial charge in [0.2, 0.25) is 0 Å². The molecule has 1 aliphatic heterocycles. The molecule has 13 heavy (non-hydrogen) atoms. The number of amides is 2. The van der Waals surface area contributed by atoms with E-state index in [2.05, 4.69) is 20.8 Å². The lowest BCUT2D eigenvalue weighted by Crippen LogP contribution is -2.45. The quantitative estimate of drug-likeness (QED) is 0.613. The highest BCUT2D eigenvalue weighted by Crippen LogP contribution is 2.32. The summed E-state index contributed by atoms with van der Waals surface area (Å²) in [4.78, 5) is 12.7. The van der Waals surface area contributed by atoms with Gasteiger partial charge in [-0.15, -0.1) is 0 Å². The molecule has 0 radical (unpaired) electrons. The summed E-state index contributed by atoms with van der Waals surface area (Å²) < 4.78 is 0. The van der Waals surface area contributed by atoms with Gasteiger partial charge in [0.05, 0.1) is 0 Å². The molecule has 0 spiro atoms. The number of nitrogens with two attached hydrogens (primary N) is 1. The Balaban J connectivity index is 2.57. The van der Waals surface area contributed by atoms with Crippen molar-refractivity contribution in [2.24, 2.45) is 17.1 Å². The van der Waals surface area contributed by atoms with Crippen LogP contribution >= 0.6 is 0 Å². The van der Waals surface area contributed by atoms with Crippen LogP contribution < -0.4 is 5.73 Å². The van der Waals surface area contributed by atoms with Crippen LogP contribution in [0.4, 0.5) is 4.79 Å². The summed E-state index contributed by atoms with van der Waals surface area (Å²) >= 11 is 0. The molecule has 1 unspecified atom stereocenters. The monoisotopic (exact) mass is 184 g/mol. The predicted molar refractivity (Wildman–Crippen MR) is 53.3 cm³/mol. The lowest BCUT2D eigenvalue weighted by molar-refractivity contribution is 0.117. The molecule has 0 aliphatic carbocycles. The van der Waals surface area contributed by atoms with E-state index in [1.807, 2.05) is 0 Å². The van der Waals surface area contributed by atoms with Crippen molar-refractivity contribution in [3.8, 4) is 0 Å². The van der Waals surface area contributed by atoms with Crippen molar-refractivity contribution in [3.63, 3.8) is 0 Å². The molecule has 0 saturated carbocycles. The molecule has 2 amide bonds. The molecule has 0 aromatic heterocycles. The van der Waals surface area contributed by atoms with Crippen LogP contribution in [0.15, 0.2) is 0 Å². The van der Waals surface area contributed by atoms with E-state index in [1.54, 1.807) is 4.90 Å². The number of carbonyl (C=O) groups excluding carboxylic acids is 1. The molecule has 1 aliphatic rings. The topological polar surface area (TPSA) is 46.3 Å². The van der Waals surface area contributed by atoms with Gasteiger partial charge in [0.15, 0.2) is 0 Å². The maximum absolute atomic E-state index is 11.0. The zero-order chi connectivity index (χ0) is 10.1. The minimum Gasteiger partial charge on any atom is -0.351 e. The van der Waals surface area contributed by atoms with Crippen LogP contribution in [0.2, 0.25) is 0 Å². The van der Waals surface area contributed by atoms with E-state index in [0.29, 0.717) is 5.92 Å². The third-order valence-electron chi connectivity index (χ3n) is 2.96. The molecule has 1 rings (SSSR count). The number of rotatable bonds is 0. The second-order valence-corrected chi connectivity index (χ2v) is 4.99. The van der Waals surface area contributed by atoms with Crippen molar-refractivity contribution in [3.05, 3.63) is 0 Å². The van der Waals surface area contributed by atoms with Crippen molar-refractivity contribution in [1.29, 1.82) is 0 Å². The minimum absolute atomic E-state index is 0.269. The number of carbonyl (C=O) groups is 1. The molecule has 1 atom stereocenters. The fourth-order valence-corrected chi connectivity index (χ4v) is 1.88. The van der Waals surface area contributed by atoms with E-state index < -0.39 is 0 Å². The van der Waals surface area contributed by atoms with E-state index >= 15 is 0 Å². The maximum atomic E-state index is 11.0. The summed E-state index contributed by atoms with van der Waals surface area (Å²) in [6.45, 7) is 8.34. The second-order valence-electron chi connectivity index (χ2n) is 4.99. The highest BCUT2D eigenvalue weighted by molar-refractivity contribution is 5.72. The first kappa shape index (κ1) is 10.4. The molecule has 2 N–H and O–H groups in total. The summed E-state index contributed by atoms with van der Waals surface area (Å²) in [6, 6.07) is -0.269. The summed E-state index contributed by atoms with van der Waals surface area (Å²) in [5.74, 6) is 0.591. The van der Waals surface area contributed by atoms with E-state index in [9.17, 15) is 4.79 Å². The van der Waals surface area contributed by atoms with Crippen LogP contribution in [-0.4, -0.2) is 24.0 Å². The van der Waals surface area contributed by atoms with Crippen LogP contribution in [0.1, 0.15) is 33.6 Å². The van der Waals surface area contributed by atoms with Gasteiger partial charge in [-0.3, -0.25) is 0 Å². The van der Waals surface area contributed by atoms with Crippen LogP contribution in [-0.2, 0) is 0 Å². The Kier molecular flexibility index (Phi) is 2.84. The van der Waals surface area contributed by atoms with Gasteiger partial charge in [-0.1, -0.05) is 20.8 Å². The van der Waals surface area contributed by atoms with E-state index in [4.69, 9.17) is 5.73 Å². The zero-order valence-corrected chi connectivity index (χ0v) is 8.84. The first-order chi connectivity index (χ1) is 5.91. The third kappa shape index (κ3) is 2.61. The van der Waals surface area contributed by atoms with E-state index in [-0.39, 0.29) is 11.4 Å². The van der Waals surface area contributed by atoms with Crippen LogP contribution in [0.25, 0.3) is 0 Å². The highest BCUT2D eigenvalue weighted by atomic mass is 16.2. The summed E-state index contributed by atoms with van der Waals surface area (Å²) in [5.41, 5.74) is 5.55.